The summed E-state index contributed by atoms with van der Waals surface area (Å²) in [6.07, 6.45) is 1.73. The summed E-state index contributed by atoms with van der Waals surface area (Å²) in [5.41, 5.74) is 3.14. The molecule has 21 heavy (non-hydrogen) atoms. The number of nitrogens with zero attached hydrogens (tertiary/aromatic N) is 4. The molecule has 0 radical (unpaired) electrons. The van der Waals surface area contributed by atoms with Crippen molar-refractivity contribution in [3.63, 3.8) is 0 Å². The Hall–Kier alpha value is -2.11. The summed E-state index contributed by atoms with van der Waals surface area (Å²) >= 11 is 6.10. The van der Waals surface area contributed by atoms with Crippen molar-refractivity contribution in [3.05, 3.63) is 58.5 Å². The van der Waals surface area contributed by atoms with Crippen molar-refractivity contribution in [2.24, 2.45) is 0 Å². The number of aryl methyl sites for hydroxylation is 2. The van der Waals surface area contributed by atoms with Crippen molar-refractivity contribution in [2.75, 3.05) is 0 Å². The Bertz CT molecular complexity index is 757. The molecule has 5 nitrogen and oxygen atoms in total. The van der Waals surface area contributed by atoms with Crippen LogP contribution in [-0.2, 0) is 6.61 Å². The molecule has 0 spiro atoms. The van der Waals surface area contributed by atoms with Gasteiger partial charge in [0.1, 0.15) is 0 Å². The quantitative estimate of drug-likeness (QED) is 0.809. The molecule has 0 aliphatic carbocycles. The standard InChI is InChI=1S/C15H15ClN4O/c1-10-13(9-21)15(19-8-14(16)11(2)17-19)20(18-10)12-6-4-3-5-7-12/h3-8,21H,9H2,1-2H3. The molecule has 3 aromatic rings. The highest BCUT2D eigenvalue weighted by Gasteiger charge is 2.19. The summed E-state index contributed by atoms with van der Waals surface area (Å²) in [5.74, 6) is 0.705. The van der Waals surface area contributed by atoms with Crippen LogP contribution in [0.5, 0.6) is 0 Å². The molecule has 0 unspecified atom stereocenters. The summed E-state index contributed by atoms with van der Waals surface area (Å²) in [6.45, 7) is 3.60. The van der Waals surface area contributed by atoms with Crippen molar-refractivity contribution in [3.8, 4) is 11.5 Å². The lowest BCUT2D eigenvalue weighted by Crippen LogP contribution is -2.08. The number of hydrogen-bond donors (Lipinski definition) is 1. The minimum Gasteiger partial charge on any atom is -0.391 e. The third-order valence-electron chi connectivity index (χ3n) is 3.37. The highest BCUT2D eigenvalue weighted by molar-refractivity contribution is 6.31. The maximum atomic E-state index is 9.67. The highest BCUT2D eigenvalue weighted by Crippen LogP contribution is 2.24. The Kier molecular flexibility index (Phi) is 3.53. The van der Waals surface area contributed by atoms with Crippen LogP contribution in [0.3, 0.4) is 0 Å². The van der Waals surface area contributed by atoms with E-state index in [4.69, 9.17) is 11.6 Å². The van der Waals surface area contributed by atoms with Crippen LogP contribution < -0.4 is 0 Å². The summed E-state index contributed by atoms with van der Waals surface area (Å²) in [5, 5.41) is 19.2. The van der Waals surface area contributed by atoms with Gasteiger partial charge >= 0.3 is 0 Å². The molecular weight excluding hydrogens is 288 g/mol. The van der Waals surface area contributed by atoms with Gasteiger partial charge in [-0.05, 0) is 26.0 Å². The number of aliphatic hydroxyl groups is 1. The molecule has 1 aromatic carbocycles. The fourth-order valence-corrected chi connectivity index (χ4v) is 2.39. The van der Waals surface area contributed by atoms with Crippen LogP contribution in [0, 0.1) is 13.8 Å². The van der Waals surface area contributed by atoms with E-state index in [1.807, 2.05) is 44.2 Å². The van der Waals surface area contributed by atoms with Gasteiger partial charge in [0.15, 0.2) is 5.82 Å². The third kappa shape index (κ3) is 2.34. The Balaban J connectivity index is 2.27. The molecule has 108 valence electrons. The normalized spacial score (nSPS) is 11.0. The van der Waals surface area contributed by atoms with Gasteiger partial charge in [-0.15, -0.1) is 0 Å². The first-order chi connectivity index (χ1) is 10.1. The van der Waals surface area contributed by atoms with Crippen LogP contribution in [0.25, 0.3) is 11.5 Å². The molecule has 0 bridgehead atoms. The molecule has 0 saturated heterocycles. The van der Waals surface area contributed by atoms with Gasteiger partial charge < -0.3 is 5.11 Å². The number of rotatable bonds is 3. The third-order valence-corrected chi connectivity index (χ3v) is 3.74. The van der Waals surface area contributed by atoms with E-state index >= 15 is 0 Å². The van der Waals surface area contributed by atoms with Crippen LogP contribution in [0.1, 0.15) is 17.0 Å². The summed E-state index contributed by atoms with van der Waals surface area (Å²) in [6, 6.07) is 9.73. The number of aromatic nitrogens is 4. The summed E-state index contributed by atoms with van der Waals surface area (Å²) in [4.78, 5) is 0. The van der Waals surface area contributed by atoms with E-state index in [0.29, 0.717) is 10.8 Å². The zero-order valence-corrected chi connectivity index (χ0v) is 12.5. The molecule has 1 N–H and O–H groups in total. The first-order valence-electron chi connectivity index (χ1n) is 6.58. The zero-order chi connectivity index (χ0) is 15.0. The Morgan fingerprint density at radius 1 is 1.10 bits per heavy atom. The van der Waals surface area contributed by atoms with E-state index in [1.54, 1.807) is 15.6 Å². The van der Waals surface area contributed by atoms with Gasteiger partial charge in [-0.1, -0.05) is 29.8 Å². The number of halogens is 1. The van der Waals surface area contributed by atoms with Crippen molar-refractivity contribution < 1.29 is 5.11 Å². The molecule has 0 saturated carbocycles. The van der Waals surface area contributed by atoms with E-state index in [1.165, 1.54) is 0 Å². The van der Waals surface area contributed by atoms with Gasteiger partial charge in [0.25, 0.3) is 0 Å². The first kappa shape index (κ1) is 13.9. The first-order valence-corrected chi connectivity index (χ1v) is 6.96. The SMILES string of the molecule is Cc1nn(-c2c(CO)c(C)nn2-c2ccccc2)cc1Cl. The molecule has 0 atom stereocenters. The topological polar surface area (TPSA) is 55.9 Å². The van der Waals surface area contributed by atoms with Gasteiger partial charge in [0.05, 0.1) is 34.9 Å². The number of para-hydroxylation sites is 1. The fraction of sp³-hybridized carbons (Fsp3) is 0.200. The maximum absolute atomic E-state index is 9.67. The van der Waals surface area contributed by atoms with Gasteiger partial charge in [-0.3, -0.25) is 0 Å². The molecule has 2 heterocycles. The monoisotopic (exact) mass is 302 g/mol. The Labute approximate surface area is 127 Å². The van der Waals surface area contributed by atoms with Gasteiger partial charge in [0, 0.05) is 5.56 Å². The average Bonchev–Trinajstić information content (AvgIpc) is 3.00. The van der Waals surface area contributed by atoms with E-state index < -0.39 is 0 Å². The number of hydrogen-bond acceptors (Lipinski definition) is 3. The predicted molar refractivity (Wildman–Crippen MR) is 81.1 cm³/mol. The molecule has 3 rings (SSSR count). The van der Waals surface area contributed by atoms with Crippen LogP contribution in [0.15, 0.2) is 36.5 Å². The van der Waals surface area contributed by atoms with Gasteiger partial charge in [-0.25, -0.2) is 9.36 Å². The lowest BCUT2D eigenvalue weighted by molar-refractivity contribution is 0.280. The molecule has 2 aromatic heterocycles. The van der Waals surface area contributed by atoms with Crippen molar-refractivity contribution in [2.45, 2.75) is 20.5 Å². The van der Waals surface area contributed by atoms with E-state index in [0.717, 1.165) is 22.6 Å². The zero-order valence-electron chi connectivity index (χ0n) is 11.8. The van der Waals surface area contributed by atoms with Crippen molar-refractivity contribution in [1.29, 1.82) is 0 Å². The molecular formula is C15H15ClN4O. The molecule has 0 aliphatic heterocycles. The van der Waals surface area contributed by atoms with Crippen LogP contribution in [0.4, 0.5) is 0 Å². The lowest BCUT2D eigenvalue weighted by atomic mass is 10.2. The molecule has 6 heteroatoms. The average molecular weight is 303 g/mol. The van der Waals surface area contributed by atoms with E-state index in [9.17, 15) is 5.11 Å². The number of aliphatic hydroxyl groups excluding tert-OH is 1. The summed E-state index contributed by atoms with van der Waals surface area (Å²) < 4.78 is 3.43. The minimum atomic E-state index is -0.107. The van der Waals surface area contributed by atoms with Crippen LogP contribution in [-0.4, -0.2) is 24.7 Å². The van der Waals surface area contributed by atoms with Gasteiger partial charge in [-0.2, -0.15) is 10.2 Å². The van der Waals surface area contributed by atoms with Crippen molar-refractivity contribution in [1.82, 2.24) is 19.6 Å². The maximum Gasteiger partial charge on any atom is 0.162 e. The van der Waals surface area contributed by atoms with E-state index in [-0.39, 0.29) is 6.61 Å². The minimum absolute atomic E-state index is 0.107. The van der Waals surface area contributed by atoms with E-state index in [2.05, 4.69) is 10.2 Å². The molecule has 0 amide bonds. The second kappa shape index (κ2) is 5.35. The van der Waals surface area contributed by atoms with Gasteiger partial charge in [0.2, 0.25) is 0 Å². The Morgan fingerprint density at radius 3 is 2.38 bits per heavy atom. The smallest absolute Gasteiger partial charge is 0.162 e. The molecule has 0 aliphatic rings. The lowest BCUT2D eigenvalue weighted by Gasteiger charge is -2.08. The second-order valence-electron chi connectivity index (χ2n) is 4.80. The second-order valence-corrected chi connectivity index (χ2v) is 5.21. The highest BCUT2D eigenvalue weighted by atomic mass is 35.5. The molecule has 0 fully saturated rings. The van der Waals surface area contributed by atoms with Crippen LogP contribution in [0.2, 0.25) is 5.02 Å². The fourth-order valence-electron chi connectivity index (χ4n) is 2.26. The number of benzene rings is 1. The Morgan fingerprint density at radius 2 is 1.81 bits per heavy atom. The largest absolute Gasteiger partial charge is 0.391 e. The van der Waals surface area contributed by atoms with Crippen LogP contribution >= 0.6 is 11.6 Å². The summed E-state index contributed by atoms with van der Waals surface area (Å²) in [7, 11) is 0. The van der Waals surface area contributed by atoms with Crippen molar-refractivity contribution >= 4 is 11.6 Å². The predicted octanol–water partition coefficient (Wildman–Crippen LogP) is 2.82.